The number of hydrogen-bond acceptors (Lipinski definition) is 5. The molecule has 2 aliphatic heterocycles. The molecule has 0 N–H and O–H groups in total. The molecular formula is C26H23F3N6O. The van der Waals surface area contributed by atoms with Crippen molar-refractivity contribution in [3.63, 3.8) is 0 Å². The van der Waals surface area contributed by atoms with Crippen LogP contribution >= 0.6 is 0 Å². The summed E-state index contributed by atoms with van der Waals surface area (Å²) in [6, 6.07) is 5.56. The van der Waals surface area contributed by atoms with E-state index in [4.69, 9.17) is 5.10 Å². The Labute approximate surface area is 205 Å². The molecule has 0 spiro atoms. The lowest BCUT2D eigenvalue weighted by Gasteiger charge is -2.45. The highest BCUT2D eigenvalue weighted by Crippen LogP contribution is 2.44. The van der Waals surface area contributed by atoms with Crippen molar-refractivity contribution in [2.24, 2.45) is 7.05 Å². The number of aryl methyl sites for hydroxylation is 1. The zero-order valence-corrected chi connectivity index (χ0v) is 19.5. The molecule has 0 radical (unpaired) electrons. The van der Waals surface area contributed by atoms with Crippen LogP contribution in [0.15, 0.2) is 49.1 Å². The third-order valence-electron chi connectivity index (χ3n) is 7.25. The van der Waals surface area contributed by atoms with Gasteiger partial charge in [-0.15, -0.1) is 0 Å². The van der Waals surface area contributed by atoms with Gasteiger partial charge in [0.15, 0.2) is 23.2 Å². The van der Waals surface area contributed by atoms with Crippen LogP contribution in [0.3, 0.4) is 0 Å². The second kappa shape index (κ2) is 8.70. The summed E-state index contributed by atoms with van der Waals surface area (Å²) in [6.07, 6.45) is 9.93. The van der Waals surface area contributed by atoms with E-state index in [2.05, 4.69) is 15.0 Å². The minimum Gasteiger partial charge on any atom is -0.293 e. The van der Waals surface area contributed by atoms with Crippen LogP contribution in [-0.4, -0.2) is 47.8 Å². The lowest BCUT2D eigenvalue weighted by atomic mass is 9.81. The molecular weight excluding hydrogens is 469 g/mol. The summed E-state index contributed by atoms with van der Waals surface area (Å²) < 4.78 is 44.9. The lowest BCUT2D eigenvalue weighted by Crippen LogP contribution is -2.48. The number of aromatic nitrogens is 5. The average Bonchev–Trinajstić information content (AvgIpc) is 3.50. The van der Waals surface area contributed by atoms with Crippen molar-refractivity contribution in [2.45, 2.75) is 37.8 Å². The maximum atomic E-state index is 14.0. The Bertz CT molecular complexity index is 1440. The second-order valence-electron chi connectivity index (χ2n) is 9.33. The van der Waals surface area contributed by atoms with E-state index < -0.39 is 17.5 Å². The van der Waals surface area contributed by atoms with E-state index in [-0.39, 0.29) is 30.0 Å². The van der Waals surface area contributed by atoms with Gasteiger partial charge >= 0.3 is 0 Å². The maximum Gasteiger partial charge on any atom is 0.194 e. The van der Waals surface area contributed by atoms with E-state index in [0.717, 1.165) is 42.7 Å². The molecule has 0 aliphatic carbocycles. The molecule has 36 heavy (non-hydrogen) atoms. The summed E-state index contributed by atoms with van der Waals surface area (Å²) in [4.78, 5) is 19.9. The van der Waals surface area contributed by atoms with Gasteiger partial charge in [0.05, 0.1) is 35.2 Å². The standard InChI is InChI=1S/C26H23F3N6O/c1-33-26(15-10-19(27)24(29)20(28)11-15)17-12-16-4-2-5-22(25(17)32-33)34(16)14-23(36)18-13-30-8-6-21(18)35-9-3-7-31-35/h3,6-11,13,16,22H,2,4-5,12,14H2,1H3/t16-,22+/m1/s1. The third kappa shape index (κ3) is 3.63. The number of nitrogens with zero attached hydrogens (tertiary/aromatic N) is 6. The quantitative estimate of drug-likeness (QED) is 0.305. The fraction of sp³-hybridized carbons (Fsp3) is 0.308. The van der Waals surface area contributed by atoms with Crippen molar-refractivity contribution in [2.75, 3.05) is 6.54 Å². The number of carbonyl (C=O) groups excluding carboxylic acids is 1. The Balaban J connectivity index is 1.35. The van der Waals surface area contributed by atoms with E-state index in [1.807, 2.05) is 0 Å². The smallest absolute Gasteiger partial charge is 0.194 e. The highest BCUT2D eigenvalue weighted by atomic mass is 19.2. The Morgan fingerprint density at radius 1 is 1.14 bits per heavy atom. The first kappa shape index (κ1) is 22.7. The van der Waals surface area contributed by atoms with Crippen LogP contribution in [0.5, 0.6) is 0 Å². The predicted molar refractivity (Wildman–Crippen MR) is 125 cm³/mol. The van der Waals surface area contributed by atoms with Gasteiger partial charge in [0.2, 0.25) is 0 Å². The Morgan fingerprint density at radius 3 is 2.69 bits per heavy atom. The average molecular weight is 493 g/mol. The van der Waals surface area contributed by atoms with Gasteiger partial charge in [0, 0.05) is 49.0 Å². The van der Waals surface area contributed by atoms with Crippen LogP contribution in [0.1, 0.15) is 46.9 Å². The first-order valence-corrected chi connectivity index (χ1v) is 11.9. The van der Waals surface area contributed by atoms with Crippen molar-refractivity contribution in [3.8, 4) is 16.9 Å². The second-order valence-corrected chi connectivity index (χ2v) is 9.33. The molecule has 6 rings (SSSR count). The monoisotopic (exact) mass is 492 g/mol. The number of piperidine rings is 1. The Kier molecular flexibility index (Phi) is 5.48. The molecule has 2 aliphatic rings. The van der Waals surface area contributed by atoms with Gasteiger partial charge in [-0.05, 0) is 49.9 Å². The van der Waals surface area contributed by atoms with Gasteiger partial charge < -0.3 is 0 Å². The lowest BCUT2D eigenvalue weighted by molar-refractivity contribution is 0.0562. The minimum atomic E-state index is -1.48. The maximum absolute atomic E-state index is 14.0. The van der Waals surface area contributed by atoms with Gasteiger partial charge in [-0.2, -0.15) is 10.2 Å². The molecule has 0 unspecified atom stereocenters. The fourth-order valence-electron chi connectivity index (χ4n) is 5.70. The number of hydrogen-bond donors (Lipinski definition) is 0. The van der Waals surface area contributed by atoms with Crippen molar-refractivity contribution in [1.82, 2.24) is 29.4 Å². The summed E-state index contributed by atoms with van der Waals surface area (Å²) in [5, 5.41) is 8.97. The van der Waals surface area contributed by atoms with E-state index in [1.165, 1.54) is 0 Å². The number of rotatable bonds is 5. The number of halogens is 3. The van der Waals surface area contributed by atoms with Crippen LogP contribution in [0.4, 0.5) is 13.2 Å². The minimum absolute atomic E-state index is 0.0622. The van der Waals surface area contributed by atoms with Crippen molar-refractivity contribution >= 4 is 5.78 Å². The Morgan fingerprint density at radius 2 is 1.94 bits per heavy atom. The summed E-state index contributed by atoms with van der Waals surface area (Å²) in [7, 11) is 1.72. The SMILES string of the molecule is Cn1nc2c(c1-c1cc(F)c(F)c(F)c1)C[C@H]1CCC[C@@H]2N1CC(=O)c1cnccc1-n1cccn1. The predicted octanol–water partition coefficient (Wildman–Crippen LogP) is 4.42. The number of carbonyl (C=O) groups is 1. The largest absolute Gasteiger partial charge is 0.293 e. The van der Waals surface area contributed by atoms with E-state index in [9.17, 15) is 18.0 Å². The van der Waals surface area contributed by atoms with Crippen LogP contribution < -0.4 is 0 Å². The highest BCUT2D eigenvalue weighted by molar-refractivity contribution is 6.00. The van der Waals surface area contributed by atoms with Crippen molar-refractivity contribution in [1.29, 1.82) is 0 Å². The van der Waals surface area contributed by atoms with Crippen LogP contribution in [0, 0.1) is 17.5 Å². The van der Waals surface area contributed by atoms with Gasteiger partial charge in [-0.1, -0.05) is 0 Å². The number of fused-ring (bicyclic) bond motifs is 4. The summed E-state index contributed by atoms with van der Waals surface area (Å²) in [6.45, 7) is 0.195. The van der Waals surface area contributed by atoms with E-state index >= 15 is 0 Å². The van der Waals surface area contributed by atoms with E-state index in [0.29, 0.717) is 23.4 Å². The van der Waals surface area contributed by atoms with Gasteiger partial charge in [-0.3, -0.25) is 19.4 Å². The summed E-state index contributed by atoms with van der Waals surface area (Å²) >= 11 is 0. The Hall–Kier alpha value is -3.79. The van der Waals surface area contributed by atoms with Gasteiger partial charge in [0.25, 0.3) is 0 Å². The molecule has 0 saturated carbocycles. The molecule has 184 valence electrons. The molecule has 3 aromatic heterocycles. The molecule has 2 bridgehead atoms. The van der Waals surface area contributed by atoms with Crippen molar-refractivity contribution in [3.05, 3.63) is 83.3 Å². The normalized spacial score (nSPS) is 19.3. The van der Waals surface area contributed by atoms with Crippen molar-refractivity contribution < 1.29 is 18.0 Å². The highest BCUT2D eigenvalue weighted by Gasteiger charge is 2.42. The third-order valence-corrected chi connectivity index (χ3v) is 7.25. The van der Waals surface area contributed by atoms with Crippen LogP contribution in [0.25, 0.3) is 16.9 Å². The molecule has 7 nitrogen and oxygen atoms in total. The number of pyridine rings is 1. The number of ketones is 1. The number of Topliss-reactive ketones (excluding diaryl/α,β-unsaturated/α-hetero) is 1. The summed E-state index contributed by atoms with van der Waals surface area (Å²) in [5.74, 6) is -4.01. The molecule has 10 heteroatoms. The zero-order valence-electron chi connectivity index (χ0n) is 19.5. The van der Waals surface area contributed by atoms with Gasteiger partial charge in [0.1, 0.15) is 0 Å². The first-order valence-electron chi connectivity index (χ1n) is 11.9. The zero-order chi connectivity index (χ0) is 25.0. The molecule has 5 heterocycles. The number of benzene rings is 1. The topological polar surface area (TPSA) is 68.8 Å². The van der Waals surface area contributed by atoms with Crippen LogP contribution in [0.2, 0.25) is 0 Å². The molecule has 2 atom stereocenters. The molecule has 4 aromatic rings. The molecule has 1 aromatic carbocycles. The van der Waals surface area contributed by atoms with Gasteiger partial charge in [-0.25, -0.2) is 17.9 Å². The molecule has 0 amide bonds. The van der Waals surface area contributed by atoms with E-state index in [1.54, 1.807) is 53.3 Å². The molecule has 1 saturated heterocycles. The molecule has 1 fully saturated rings. The fourth-order valence-corrected chi connectivity index (χ4v) is 5.70. The van der Waals surface area contributed by atoms with Crippen LogP contribution in [-0.2, 0) is 13.5 Å². The summed E-state index contributed by atoms with van der Waals surface area (Å²) in [5.41, 5.74) is 3.70. The first-order chi connectivity index (χ1) is 17.4.